The van der Waals surface area contributed by atoms with Crippen LogP contribution < -0.4 is 14.8 Å². The maximum Gasteiger partial charge on any atom is 0.134 e. The van der Waals surface area contributed by atoms with Gasteiger partial charge in [-0.3, -0.25) is 0 Å². The fourth-order valence-corrected chi connectivity index (χ4v) is 2.19. The predicted molar refractivity (Wildman–Crippen MR) is 83.4 cm³/mol. The van der Waals surface area contributed by atoms with Gasteiger partial charge >= 0.3 is 0 Å². The summed E-state index contributed by atoms with van der Waals surface area (Å²) in [5.41, 5.74) is 0.881. The quantitative estimate of drug-likeness (QED) is 0.869. The summed E-state index contributed by atoms with van der Waals surface area (Å²) in [5, 5.41) is 3.18. The van der Waals surface area contributed by atoms with Gasteiger partial charge in [-0.15, -0.1) is 0 Å². The average molecular weight is 337 g/mol. The smallest absolute Gasteiger partial charge is 0.134 e. The molecule has 0 saturated carbocycles. The zero-order valence-electron chi connectivity index (χ0n) is 11.5. The zero-order valence-corrected chi connectivity index (χ0v) is 13.1. The molecule has 1 aromatic carbocycles. The lowest BCUT2D eigenvalue weighted by Crippen LogP contribution is -2.03. The van der Waals surface area contributed by atoms with Crippen molar-refractivity contribution in [2.24, 2.45) is 0 Å². The van der Waals surface area contributed by atoms with Gasteiger partial charge in [-0.2, -0.15) is 0 Å². The molecule has 0 spiro atoms. The number of nitrogens with zero attached hydrogens (tertiary/aromatic N) is 1. The van der Waals surface area contributed by atoms with E-state index in [-0.39, 0.29) is 0 Å². The fourth-order valence-electron chi connectivity index (χ4n) is 1.72. The first-order valence-corrected chi connectivity index (χ1v) is 7.18. The van der Waals surface area contributed by atoms with E-state index in [2.05, 4.69) is 26.2 Å². The number of anilines is 1. The lowest BCUT2D eigenvalue weighted by Gasteiger charge is -2.10. The highest BCUT2D eigenvalue weighted by atomic mass is 79.9. The first-order valence-electron chi connectivity index (χ1n) is 6.39. The van der Waals surface area contributed by atoms with Crippen LogP contribution in [0.15, 0.2) is 40.9 Å². The maximum atomic E-state index is 5.76. The lowest BCUT2D eigenvalue weighted by molar-refractivity contribution is 0.299. The molecule has 0 radical (unpaired) electrons. The standard InChI is InChI=1S/C15H17BrN2O2/c1-3-17-15-6-4-5-11(18-15)10-20-14-8-7-12(19-2)9-13(14)16/h4-9H,3,10H2,1-2H3,(H,17,18). The Bertz CT molecular complexity index is 576. The van der Waals surface area contributed by atoms with Crippen molar-refractivity contribution in [1.29, 1.82) is 0 Å². The predicted octanol–water partition coefficient (Wildman–Crippen LogP) is 3.86. The number of hydrogen-bond acceptors (Lipinski definition) is 4. The fraction of sp³-hybridized carbons (Fsp3) is 0.267. The van der Waals surface area contributed by atoms with Crippen LogP contribution in [0.4, 0.5) is 5.82 Å². The molecule has 0 aliphatic heterocycles. The van der Waals surface area contributed by atoms with E-state index in [0.717, 1.165) is 34.0 Å². The summed E-state index contributed by atoms with van der Waals surface area (Å²) in [6.45, 7) is 3.31. The normalized spacial score (nSPS) is 10.2. The van der Waals surface area contributed by atoms with Crippen LogP contribution in [0.25, 0.3) is 0 Å². The third-order valence-electron chi connectivity index (χ3n) is 2.68. The first kappa shape index (κ1) is 14.7. The van der Waals surface area contributed by atoms with Gasteiger partial charge in [0.1, 0.15) is 23.9 Å². The van der Waals surface area contributed by atoms with Crippen molar-refractivity contribution >= 4 is 21.7 Å². The Morgan fingerprint density at radius 2 is 2.10 bits per heavy atom. The van der Waals surface area contributed by atoms with Crippen molar-refractivity contribution in [3.05, 3.63) is 46.6 Å². The monoisotopic (exact) mass is 336 g/mol. The molecule has 0 amide bonds. The summed E-state index contributed by atoms with van der Waals surface area (Å²) in [5.74, 6) is 2.42. The largest absolute Gasteiger partial charge is 0.497 e. The Kier molecular flexibility index (Phi) is 5.24. The van der Waals surface area contributed by atoms with Crippen LogP contribution in [0.3, 0.4) is 0 Å². The van der Waals surface area contributed by atoms with Crippen molar-refractivity contribution in [1.82, 2.24) is 4.98 Å². The third kappa shape index (κ3) is 3.87. The SMILES string of the molecule is CCNc1cccc(COc2ccc(OC)cc2Br)n1. The molecule has 4 nitrogen and oxygen atoms in total. The second-order valence-electron chi connectivity index (χ2n) is 4.13. The highest BCUT2D eigenvalue weighted by Gasteiger charge is 2.04. The van der Waals surface area contributed by atoms with E-state index in [1.165, 1.54) is 0 Å². The number of benzene rings is 1. The van der Waals surface area contributed by atoms with Gasteiger partial charge in [0.05, 0.1) is 17.3 Å². The Morgan fingerprint density at radius 1 is 1.25 bits per heavy atom. The Morgan fingerprint density at radius 3 is 2.80 bits per heavy atom. The first-order chi connectivity index (χ1) is 9.72. The summed E-state index contributed by atoms with van der Waals surface area (Å²) in [4.78, 5) is 4.46. The summed E-state index contributed by atoms with van der Waals surface area (Å²) in [7, 11) is 1.64. The number of hydrogen-bond donors (Lipinski definition) is 1. The summed E-state index contributed by atoms with van der Waals surface area (Å²) < 4.78 is 11.8. The molecule has 1 heterocycles. The molecule has 0 bridgehead atoms. The van der Waals surface area contributed by atoms with Gasteiger partial charge < -0.3 is 14.8 Å². The van der Waals surface area contributed by atoms with E-state index in [1.54, 1.807) is 7.11 Å². The number of ether oxygens (including phenoxy) is 2. The molecule has 5 heteroatoms. The van der Waals surface area contributed by atoms with E-state index >= 15 is 0 Å². The molecule has 106 valence electrons. The Hall–Kier alpha value is -1.75. The molecule has 0 unspecified atom stereocenters. The summed E-state index contributed by atoms with van der Waals surface area (Å²) >= 11 is 3.46. The molecule has 0 saturated heterocycles. The van der Waals surface area contributed by atoms with Crippen LogP contribution in [-0.4, -0.2) is 18.6 Å². The highest BCUT2D eigenvalue weighted by Crippen LogP contribution is 2.29. The van der Waals surface area contributed by atoms with E-state index in [4.69, 9.17) is 9.47 Å². The van der Waals surface area contributed by atoms with Crippen LogP contribution in [0, 0.1) is 0 Å². The van der Waals surface area contributed by atoms with E-state index in [0.29, 0.717) is 6.61 Å². The van der Waals surface area contributed by atoms with Crippen LogP contribution in [0.5, 0.6) is 11.5 Å². The van der Waals surface area contributed by atoms with Crippen LogP contribution >= 0.6 is 15.9 Å². The minimum Gasteiger partial charge on any atom is -0.497 e. The van der Waals surface area contributed by atoms with Crippen molar-refractivity contribution in [3.8, 4) is 11.5 Å². The van der Waals surface area contributed by atoms with Crippen LogP contribution in [-0.2, 0) is 6.61 Å². The molecule has 20 heavy (non-hydrogen) atoms. The van der Waals surface area contributed by atoms with Crippen molar-refractivity contribution in [2.45, 2.75) is 13.5 Å². The Balaban J connectivity index is 2.03. The number of halogens is 1. The second kappa shape index (κ2) is 7.14. The molecule has 0 aliphatic rings. The van der Waals surface area contributed by atoms with Gasteiger partial charge in [0.2, 0.25) is 0 Å². The van der Waals surface area contributed by atoms with E-state index in [9.17, 15) is 0 Å². The molecular weight excluding hydrogens is 320 g/mol. The number of rotatable bonds is 6. The summed E-state index contributed by atoms with van der Waals surface area (Å²) in [6.07, 6.45) is 0. The lowest BCUT2D eigenvalue weighted by atomic mass is 10.3. The molecule has 0 fully saturated rings. The molecule has 2 rings (SSSR count). The molecular formula is C15H17BrN2O2. The van der Waals surface area contributed by atoms with Gasteiger partial charge in [-0.25, -0.2) is 4.98 Å². The molecule has 2 aromatic rings. The van der Waals surface area contributed by atoms with Gasteiger partial charge in [-0.05, 0) is 53.2 Å². The van der Waals surface area contributed by atoms with Gasteiger partial charge in [0.15, 0.2) is 0 Å². The molecule has 0 atom stereocenters. The molecule has 1 N–H and O–H groups in total. The minimum atomic E-state index is 0.421. The van der Waals surface area contributed by atoms with Gasteiger partial charge in [-0.1, -0.05) is 6.07 Å². The zero-order chi connectivity index (χ0) is 14.4. The van der Waals surface area contributed by atoms with Gasteiger partial charge in [0.25, 0.3) is 0 Å². The summed E-state index contributed by atoms with van der Waals surface area (Å²) in [6, 6.07) is 11.5. The minimum absolute atomic E-state index is 0.421. The van der Waals surface area contributed by atoms with Crippen LogP contribution in [0.1, 0.15) is 12.6 Å². The van der Waals surface area contributed by atoms with Crippen molar-refractivity contribution < 1.29 is 9.47 Å². The second-order valence-corrected chi connectivity index (χ2v) is 4.98. The Labute approximate surface area is 127 Å². The van der Waals surface area contributed by atoms with Crippen molar-refractivity contribution in [3.63, 3.8) is 0 Å². The topological polar surface area (TPSA) is 43.4 Å². The average Bonchev–Trinajstić information content (AvgIpc) is 2.46. The number of aromatic nitrogens is 1. The number of nitrogens with one attached hydrogen (secondary N) is 1. The third-order valence-corrected chi connectivity index (χ3v) is 3.30. The number of methoxy groups -OCH3 is 1. The van der Waals surface area contributed by atoms with E-state index in [1.807, 2.05) is 43.3 Å². The molecule has 1 aromatic heterocycles. The van der Waals surface area contributed by atoms with Gasteiger partial charge in [0, 0.05) is 6.54 Å². The molecule has 0 aliphatic carbocycles. The van der Waals surface area contributed by atoms with Crippen LogP contribution in [0.2, 0.25) is 0 Å². The van der Waals surface area contributed by atoms with Crippen molar-refractivity contribution in [2.75, 3.05) is 19.0 Å². The van der Waals surface area contributed by atoms with E-state index < -0.39 is 0 Å². The highest BCUT2D eigenvalue weighted by molar-refractivity contribution is 9.10. The number of pyridine rings is 1. The maximum absolute atomic E-state index is 5.76.